The number of rotatable bonds is 6. The van der Waals surface area contributed by atoms with Gasteiger partial charge in [0.05, 0.1) is 11.6 Å². The van der Waals surface area contributed by atoms with Crippen molar-refractivity contribution >= 4 is 23.3 Å². The van der Waals surface area contributed by atoms with Crippen molar-refractivity contribution in [3.63, 3.8) is 0 Å². The second-order valence-corrected chi connectivity index (χ2v) is 6.62. The van der Waals surface area contributed by atoms with E-state index in [1.165, 1.54) is 24.3 Å². The maximum Gasteiger partial charge on any atom is 0.338 e. The fourth-order valence-electron chi connectivity index (χ4n) is 2.69. The highest BCUT2D eigenvalue weighted by Crippen LogP contribution is 2.19. The number of ketones is 1. The number of amides is 1. The van der Waals surface area contributed by atoms with E-state index in [4.69, 9.17) is 10.00 Å². The van der Waals surface area contributed by atoms with E-state index >= 15 is 0 Å². The SMILES string of the molecule is Cc1cc(C)c(C(=O)[C@@H](C)OC(=O)c2ccc(NC(=O)CC#N)cc2)cc1C. The van der Waals surface area contributed by atoms with Gasteiger partial charge in [0, 0.05) is 11.3 Å². The number of carbonyl (C=O) groups excluding carboxylic acids is 3. The van der Waals surface area contributed by atoms with Crippen LogP contribution in [0.25, 0.3) is 0 Å². The van der Waals surface area contributed by atoms with E-state index in [9.17, 15) is 14.4 Å². The Labute approximate surface area is 164 Å². The van der Waals surface area contributed by atoms with Crippen LogP contribution in [0, 0.1) is 32.1 Å². The summed E-state index contributed by atoms with van der Waals surface area (Å²) in [6.45, 7) is 7.31. The van der Waals surface area contributed by atoms with E-state index in [0.29, 0.717) is 11.3 Å². The molecule has 0 aromatic heterocycles. The van der Waals surface area contributed by atoms with E-state index in [1.54, 1.807) is 13.0 Å². The third-order valence-electron chi connectivity index (χ3n) is 4.40. The number of nitrogens with zero attached hydrogens (tertiary/aromatic N) is 1. The highest BCUT2D eigenvalue weighted by molar-refractivity contribution is 6.02. The van der Waals surface area contributed by atoms with E-state index in [0.717, 1.165) is 16.7 Å². The summed E-state index contributed by atoms with van der Waals surface area (Å²) in [5.74, 6) is -1.31. The minimum Gasteiger partial charge on any atom is -0.451 e. The molecule has 0 saturated carbocycles. The molecule has 0 aliphatic carbocycles. The molecule has 0 bridgehead atoms. The molecule has 1 N–H and O–H groups in total. The Morgan fingerprint density at radius 3 is 2.25 bits per heavy atom. The molecule has 2 aromatic carbocycles. The van der Waals surface area contributed by atoms with E-state index in [-0.39, 0.29) is 17.8 Å². The Hall–Kier alpha value is -3.46. The molecule has 0 saturated heterocycles. The Morgan fingerprint density at radius 2 is 1.64 bits per heavy atom. The molecule has 0 aliphatic heterocycles. The van der Waals surface area contributed by atoms with Crippen molar-refractivity contribution < 1.29 is 19.1 Å². The van der Waals surface area contributed by atoms with Crippen LogP contribution in [0.2, 0.25) is 0 Å². The molecule has 1 amide bonds. The number of benzene rings is 2. The summed E-state index contributed by atoms with van der Waals surface area (Å²) in [7, 11) is 0. The fraction of sp³-hybridized carbons (Fsp3) is 0.273. The first-order chi connectivity index (χ1) is 13.2. The van der Waals surface area contributed by atoms with Gasteiger partial charge >= 0.3 is 5.97 Å². The lowest BCUT2D eigenvalue weighted by Crippen LogP contribution is -2.25. The van der Waals surface area contributed by atoms with Crippen LogP contribution in [0.4, 0.5) is 5.69 Å². The molecule has 28 heavy (non-hydrogen) atoms. The average molecular weight is 378 g/mol. The molecule has 0 heterocycles. The molecular weight excluding hydrogens is 356 g/mol. The number of ether oxygens (including phenoxy) is 1. The lowest BCUT2D eigenvalue weighted by Gasteiger charge is -2.15. The van der Waals surface area contributed by atoms with Crippen molar-refractivity contribution in [1.29, 1.82) is 5.26 Å². The van der Waals surface area contributed by atoms with Gasteiger partial charge in [-0.2, -0.15) is 5.26 Å². The van der Waals surface area contributed by atoms with Gasteiger partial charge in [0.1, 0.15) is 6.42 Å². The van der Waals surface area contributed by atoms with Crippen LogP contribution in [-0.4, -0.2) is 23.8 Å². The Morgan fingerprint density at radius 1 is 1.04 bits per heavy atom. The molecule has 2 rings (SSSR count). The Balaban J connectivity index is 2.06. The molecule has 6 nitrogen and oxygen atoms in total. The number of carbonyl (C=O) groups is 3. The minimum atomic E-state index is -0.927. The first-order valence-electron chi connectivity index (χ1n) is 8.83. The fourth-order valence-corrected chi connectivity index (χ4v) is 2.69. The number of hydrogen-bond donors (Lipinski definition) is 1. The predicted octanol–water partition coefficient (Wildman–Crippen LogP) is 3.89. The van der Waals surface area contributed by atoms with Crippen LogP contribution in [0.3, 0.4) is 0 Å². The number of esters is 1. The lowest BCUT2D eigenvalue weighted by atomic mass is 9.96. The summed E-state index contributed by atoms with van der Waals surface area (Å²) in [6, 6.07) is 11.6. The van der Waals surface area contributed by atoms with Crippen LogP contribution >= 0.6 is 0 Å². The molecule has 0 radical (unpaired) electrons. The standard InChI is InChI=1S/C22H22N2O4/c1-13-11-15(3)19(12-14(13)2)21(26)16(4)28-22(27)17-5-7-18(8-6-17)24-20(25)9-10-23/h5-8,11-12,16H,9H2,1-4H3,(H,24,25)/t16-/m1/s1. The van der Waals surface area contributed by atoms with Crippen molar-refractivity contribution in [1.82, 2.24) is 0 Å². The third kappa shape index (κ3) is 5.04. The van der Waals surface area contributed by atoms with Gasteiger partial charge in [0.2, 0.25) is 11.7 Å². The van der Waals surface area contributed by atoms with Gasteiger partial charge in [-0.15, -0.1) is 0 Å². The molecule has 6 heteroatoms. The number of nitriles is 1. The second kappa shape index (κ2) is 8.96. The van der Waals surface area contributed by atoms with Crippen molar-refractivity contribution in [2.75, 3.05) is 5.32 Å². The first kappa shape index (κ1) is 20.8. The van der Waals surface area contributed by atoms with Gasteiger partial charge in [-0.3, -0.25) is 9.59 Å². The molecule has 0 unspecified atom stereocenters. The summed E-state index contributed by atoms with van der Waals surface area (Å²) >= 11 is 0. The molecule has 1 atom stereocenters. The van der Waals surface area contributed by atoms with Gasteiger partial charge in [0.25, 0.3) is 0 Å². The van der Waals surface area contributed by atoms with Crippen LogP contribution in [-0.2, 0) is 9.53 Å². The second-order valence-electron chi connectivity index (χ2n) is 6.62. The summed E-state index contributed by atoms with van der Waals surface area (Å²) in [6.07, 6.45) is -1.18. The molecular formula is C22H22N2O4. The number of hydrogen-bond acceptors (Lipinski definition) is 5. The quantitative estimate of drug-likeness (QED) is 0.607. The number of aryl methyl sites for hydroxylation is 3. The third-order valence-corrected chi connectivity index (χ3v) is 4.40. The Bertz CT molecular complexity index is 956. The summed E-state index contributed by atoms with van der Waals surface area (Å²) in [5.41, 5.74) is 4.20. The zero-order valence-electron chi connectivity index (χ0n) is 16.3. The van der Waals surface area contributed by atoms with Gasteiger partial charge in [-0.1, -0.05) is 6.07 Å². The monoisotopic (exact) mass is 378 g/mol. The molecule has 0 spiro atoms. The van der Waals surface area contributed by atoms with Gasteiger partial charge in [0.15, 0.2) is 6.10 Å². The van der Waals surface area contributed by atoms with Crippen molar-refractivity contribution in [2.24, 2.45) is 0 Å². The van der Waals surface area contributed by atoms with Gasteiger partial charge < -0.3 is 10.1 Å². The number of nitrogens with one attached hydrogen (secondary N) is 1. The largest absolute Gasteiger partial charge is 0.451 e. The maximum absolute atomic E-state index is 12.7. The van der Waals surface area contributed by atoms with E-state index < -0.39 is 18.0 Å². The van der Waals surface area contributed by atoms with Crippen LogP contribution in [0.15, 0.2) is 36.4 Å². The maximum atomic E-state index is 12.7. The summed E-state index contributed by atoms with van der Waals surface area (Å²) in [5, 5.41) is 11.0. The van der Waals surface area contributed by atoms with E-state index in [1.807, 2.05) is 32.9 Å². The normalized spacial score (nSPS) is 11.2. The van der Waals surface area contributed by atoms with Crippen molar-refractivity contribution in [3.05, 3.63) is 64.2 Å². The molecule has 2 aromatic rings. The first-order valence-corrected chi connectivity index (χ1v) is 8.83. The van der Waals surface area contributed by atoms with E-state index in [2.05, 4.69) is 5.32 Å². The molecule has 0 aliphatic rings. The number of anilines is 1. The predicted molar refractivity (Wildman–Crippen MR) is 105 cm³/mol. The van der Waals surface area contributed by atoms with Crippen molar-refractivity contribution in [2.45, 2.75) is 40.2 Å². The van der Waals surface area contributed by atoms with Crippen molar-refractivity contribution in [3.8, 4) is 6.07 Å². The van der Waals surface area contributed by atoms with Gasteiger partial charge in [-0.05, 0) is 74.7 Å². The average Bonchev–Trinajstić information content (AvgIpc) is 2.64. The number of Topliss-reactive ketones (excluding diaryl/α,β-unsaturated/α-hetero) is 1. The molecule has 0 fully saturated rings. The minimum absolute atomic E-state index is 0.249. The lowest BCUT2D eigenvalue weighted by molar-refractivity contribution is -0.115. The highest BCUT2D eigenvalue weighted by Gasteiger charge is 2.22. The Kier molecular flexibility index (Phi) is 6.67. The summed E-state index contributed by atoms with van der Waals surface area (Å²) < 4.78 is 5.32. The molecule has 144 valence electrons. The van der Waals surface area contributed by atoms with Gasteiger partial charge in [-0.25, -0.2) is 4.79 Å². The summed E-state index contributed by atoms with van der Waals surface area (Å²) in [4.78, 5) is 36.4. The smallest absolute Gasteiger partial charge is 0.338 e. The van der Waals surface area contributed by atoms with Crippen LogP contribution < -0.4 is 5.32 Å². The topological polar surface area (TPSA) is 96.3 Å². The zero-order valence-corrected chi connectivity index (χ0v) is 16.3. The highest BCUT2D eigenvalue weighted by atomic mass is 16.5. The van der Waals surface area contributed by atoms with Crippen LogP contribution in [0.1, 0.15) is 50.8 Å². The zero-order chi connectivity index (χ0) is 20.8. The van der Waals surface area contributed by atoms with Crippen LogP contribution in [0.5, 0.6) is 0 Å².